The fraction of sp³-hybridized carbons (Fsp3) is 0.409. The smallest absolute Gasteiger partial charge is 0.228 e. The Morgan fingerprint density at radius 3 is 2.68 bits per heavy atom. The fourth-order valence-electron chi connectivity index (χ4n) is 4.29. The predicted molar refractivity (Wildman–Crippen MR) is 100 cm³/mol. The molecule has 1 unspecified atom stereocenters. The molecule has 1 fully saturated rings. The van der Waals surface area contributed by atoms with Crippen LogP contribution in [0.4, 0.5) is 0 Å². The number of likely N-dealkylation sites (tertiary alicyclic amines) is 1. The largest absolute Gasteiger partial charge is 0.351 e. The second kappa shape index (κ2) is 6.30. The highest BCUT2D eigenvalue weighted by Crippen LogP contribution is 2.37. The number of amides is 1. The van der Waals surface area contributed by atoms with Gasteiger partial charge < -0.3 is 5.32 Å². The van der Waals surface area contributed by atoms with E-state index in [9.17, 15) is 4.79 Å². The first-order chi connectivity index (χ1) is 12.1. The van der Waals surface area contributed by atoms with Gasteiger partial charge >= 0.3 is 0 Å². The van der Waals surface area contributed by atoms with Gasteiger partial charge in [-0.15, -0.1) is 0 Å². The average molecular weight is 334 g/mol. The van der Waals surface area contributed by atoms with Crippen LogP contribution in [0.3, 0.4) is 0 Å². The molecule has 2 aromatic rings. The van der Waals surface area contributed by atoms with Crippen LogP contribution in [-0.4, -0.2) is 23.9 Å². The number of fused-ring (bicyclic) bond motifs is 1. The van der Waals surface area contributed by atoms with Crippen molar-refractivity contribution in [2.75, 3.05) is 13.1 Å². The molecule has 1 saturated heterocycles. The summed E-state index contributed by atoms with van der Waals surface area (Å²) in [5.74, 6) is 0.228. The molecule has 0 aromatic heterocycles. The molecule has 3 heteroatoms. The van der Waals surface area contributed by atoms with Crippen molar-refractivity contribution in [3.63, 3.8) is 0 Å². The number of nitrogens with zero attached hydrogens (tertiary/aromatic N) is 1. The molecule has 2 aliphatic rings. The number of rotatable bonds is 2. The van der Waals surface area contributed by atoms with Gasteiger partial charge in [0.05, 0.1) is 5.41 Å². The molecule has 130 valence electrons. The van der Waals surface area contributed by atoms with Crippen molar-refractivity contribution in [2.45, 2.75) is 39.8 Å². The van der Waals surface area contributed by atoms with Gasteiger partial charge in [-0.05, 0) is 61.1 Å². The summed E-state index contributed by atoms with van der Waals surface area (Å²) in [5, 5.41) is 3.17. The van der Waals surface area contributed by atoms with Crippen LogP contribution < -0.4 is 5.32 Å². The van der Waals surface area contributed by atoms with Gasteiger partial charge in [0, 0.05) is 19.6 Å². The number of hydrogen-bond acceptors (Lipinski definition) is 2. The van der Waals surface area contributed by atoms with Gasteiger partial charge in [-0.3, -0.25) is 9.69 Å². The highest BCUT2D eigenvalue weighted by atomic mass is 16.2. The summed E-state index contributed by atoms with van der Waals surface area (Å²) < 4.78 is 0. The molecule has 1 spiro atoms. The second-order valence-electron chi connectivity index (χ2n) is 7.79. The molecular weight excluding hydrogens is 308 g/mol. The molecule has 1 amide bonds. The average Bonchev–Trinajstić information content (AvgIpc) is 2.94. The maximum atomic E-state index is 12.9. The van der Waals surface area contributed by atoms with E-state index in [1.54, 1.807) is 0 Å². The Bertz CT molecular complexity index is 813. The summed E-state index contributed by atoms with van der Waals surface area (Å²) >= 11 is 0. The first-order valence-corrected chi connectivity index (χ1v) is 9.19. The first-order valence-electron chi connectivity index (χ1n) is 9.19. The Morgan fingerprint density at radius 2 is 1.88 bits per heavy atom. The molecule has 4 rings (SSSR count). The van der Waals surface area contributed by atoms with E-state index in [0.717, 1.165) is 32.5 Å². The maximum absolute atomic E-state index is 12.9. The number of carbonyl (C=O) groups is 1. The summed E-state index contributed by atoms with van der Waals surface area (Å²) in [6, 6.07) is 15.2. The van der Waals surface area contributed by atoms with E-state index in [1.807, 2.05) is 0 Å². The third-order valence-electron chi connectivity index (χ3n) is 5.98. The van der Waals surface area contributed by atoms with E-state index in [4.69, 9.17) is 0 Å². The Morgan fingerprint density at radius 1 is 1.08 bits per heavy atom. The molecule has 0 saturated carbocycles. The molecule has 0 aliphatic carbocycles. The standard InChI is InChI=1S/C22H26N2O/c1-16-7-8-18(11-17(16)2)14-24-10-9-22(15-24)12-19-5-3-4-6-20(19)13-23-21(22)25/h3-8,11H,9-10,12-15H2,1-2H3,(H,23,25). The van der Waals surface area contributed by atoms with Crippen LogP contribution in [0.2, 0.25) is 0 Å². The van der Waals surface area contributed by atoms with Crippen molar-refractivity contribution < 1.29 is 4.79 Å². The molecule has 2 aromatic carbocycles. The lowest BCUT2D eigenvalue weighted by molar-refractivity contribution is -0.130. The lowest BCUT2D eigenvalue weighted by Crippen LogP contribution is -2.42. The van der Waals surface area contributed by atoms with Crippen LogP contribution in [0, 0.1) is 19.3 Å². The van der Waals surface area contributed by atoms with Gasteiger partial charge in [0.15, 0.2) is 0 Å². The van der Waals surface area contributed by atoms with Crippen molar-refractivity contribution >= 4 is 5.91 Å². The highest BCUT2D eigenvalue weighted by Gasteiger charge is 2.45. The highest BCUT2D eigenvalue weighted by molar-refractivity contribution is 5.84. The van der Waals surface area contributed by atoms with Crippen molar-refractivity contribution in [3.8, 4) is 0 Å². The van der Waals surface area contributed by atoms with Gasteiger partial charge in [0.25, 0.3) is 0 Å². The Kier molecular flexibility index (Phi) is 4.12. The van der Waals surface area contributed by atoms with Gasteiger partial charge in [-0.2, -0.15) is 0 Å². The number of hydrogen-bond donors (Lipinski definition) is 1. The van der Waals surface area contributed by atoms with Crippen molar-refractivity contribution in [1.82, 2.24) is 10.2 Å². The second-order valence-corrected chi connectivity index (χ2v) is 7.79. The summed E-state index contributed by atoms with van der Waals surface area (Å²) in [5.41, 5.74) is 6.34. The maximum Gasteiger partial charge on any atom is 0.228 e. The van der Waals surface area contributed by atoms with Crippen molar-refractivity contribution in [2.24, 2.45) is 5.41 Å². The zero-order chi connectivity index (χ0) is 17.4. The van der Waals surface area contributed by atoms with E-state index >= 15 is 0 Å². The lowest BCUT2D eigenvalue weighted by atomic mass is 9.80. The number of nitrogens with one attached hydrogen (secondary N) is 1. The molecule has 2 aliphatic heterocycles. The Labute approximate surface area is 150 Å². The lowest BCUT2D eigenvalue weighted by Gasteiger charge is -2.26. The zero-order valence-electron chi connectivity index (χ0n) is 15.1. The van der Waals surface area contributed by atoms with Crippen molar-refractivity contribution in [1.29, 1.82) is 0 Å². The first kappa shape index (κ1) is 16.3. The molecular formula is C22H26N2O. The van der Waals surface area contributed by atoms with E-state index in [-0.39, 0.29) is 11.3 Å². The van der Waals surface area contributed by atoms with Crippen LogP contribution in [0.15, 0.2) is 42.5 Å². The molecule has 2 heterocycles. The Balaban J connectivity index is 1.53. The SMILES string of the molecule is Cc1ccc(CN2CCC3(Cc4ccccc4CNC3=O)C2)cc1C. The van der Waals surface area contributed by atoms with E-state index in [2.05, 4.69) is 66.5 Å². The molecule has 1 atom stereocenters. The summed E-state index contributed by atoms with van der Waals surface area (Å²) in [7, 11) is 0. The third kappa shape index (κ3) is 3.09. The predicted octanol–water partition coefficient (Wildman–Crippen LogP) is 3.37. The van der Waals surface area contributed by atoms with Crippen LogP contribution in [0.25, 0.3) is 0 Å². The van der Waals surface area contributed by atoms with Crippen LogP contribution in [-0.2, 0) is 24.3 Å². The van der Waals surface area contributed by atoms with Gasteiger partial charge in [0.1, 0.15) is 0 Å². The van der Waals surface area contributed by atoms with Crippen LogP contribution in [0.5, 0.6) is 0 Å². The molecule has 25 heavy (non-hydrogen) atoms. The molecule has 1 N–H and O–H groups in total. The van der Waals surface area contributed by atoms with E-state index in [1.165, 1.54) is 27.8 Å². The topological polar surface area (TPSA) is 32.3 Å². The normalized spacial score (nSPS) is 23.4. The van der Waals surface area contributed by atoms with Crippen molar-refractivity contribution in [3.05, 3.63) is 70.3 Å². The quantitative estimate of drug-likeness (QED) is 0.913. The minimum atomic E-state index is -0.271. The fourth-order valence-corrected chi connectivity index (χ4v) is 4.29. The van der Waals surface area contributed by atoms with Gasteiger partial charge in [-0.1, -0.05) is 42.5 Å². The van der Waals surface area contributed by atoms with E-state index in [0.29, 0.717) is 6.54 Å². The summed E-state index contributed by atoms with van der Waals surface area (Å²) in [4.78, 5) is 15.3. The number of carbonyl (C=O) groups excluding carboxylic acids is 1. The molecule has 3 nitrogen and oxygen atoms in total. The summed E-state index contributed by atoms with van der Waals surface area (Å²) in [6.07, 6.45) is 1.80. The molecule has 0 radical (unpaired) electrons. The summed E-state index contributed by atoms with van der Waals surface area (Å²) in [6.45, 7) is 7.74. The zero-order valence-corrected chi connectivity index (χ0v) is 15.1. The number of benzene rings is 2. The van der Waals surface area contributed by atoms with Gasteiger partial charge in [-0.25, -0.2) is 0 Å². The van der Waals surface area contributed by atoms with Gasteiger partial charge in [0.2, 0.25) is 5.91 Å². The molecule has 0 bridgehead atoms. The Hall–Kier alpha value is -2.13. The minimum absolute atomic E-state index is 0.228. The number of aryl methyl sites for hydroxylation is 2. The third-order valence-corrected chi connectivity index (χ3v) is 5.98. The van der Waals surface area contributed by atoms with E-state index < -0.39 is 0 Å². The van der Waals surface area contributed by atoms with Crippen LogP contribution >= 0.6 is 0 Å². The monoisotopic (exact) mass is 334 g/mol. The minimum Gasteiger partial charge on any atom is -0.351 e. The van der Waals surface area contributed by atoms with Crippen LogP contribution in [0.1, 0.15) is 34.2 Å².